The average molecular weight is 914 g/mol. The maximum absolute atomic E-state index is 2.59. The fraction of sp³-hybridized carbons (Fsp3) is 0.312. The molecule has 2 aromatic heterocycles. The first-order valence-corrected chi connectivity index (χ1v) is 25.3. The third-order valence-electron chi connectivity index (χ3n) is 14.2. The first kappa shape index (κ1) is 47.0. The molecule has 68 heavy (non-hydrogen) atoms. The molecule has 0 amide bonds. The number of thiophene rings is 1. The number of nitrogens with zero attached hydrogens (tertiary/aromatic N) is 3. The van der Waals surface area contributed by atoms with Gasteiger partial charge in [-0.15, -0.1) is 11.3 Å². The van der Waals surface area contributed by atoms with Crippen LogP contribution in [0.1, 0.15) is 128 Å². The molecule has 0 unspecified atom stereocenters. The van der Waals surface area contributed by atoms with Gasteiger partial charge in [-0.3, -0.25) is 0 Å². The molecule has 0 spiro atoms. The highest BCUT2D eigenvalue weighted by atomic mass is 32.1. The van der Waals surface area contributed by atoms with Crippen molar-refractivity contribution in [3.05, 3.63) is 184 Å². The van der Waals surface area contributed by atoms with E-state index in [-0.39, 0.29) is 21.7 Å². The molecular formula is C64H71N3S. The molecule has 0 saturated carbocycles. The summed E-state index contributed by atoms with van der Waals surface area (Å²) in [6.45, 7) is 36.8. The minimum atomic E-state index is 0.00756. The van der Waals surface area contributed by atoms with Gasteiger partial charge in [0.25, 0.3) is 0 Å². The Bertz CT molecular complexity index is 3330. The van der Waals surface area contributed by atoms with Crippen LogP contribution in [0.4, 0.5) is 34.1 Å². The summed E-state index contributed by atoms with van der Waals surface area (Å²) < 4.78 is 5.12. The predicted octanol–water partition coefficient (Wildman–Crippen LogP) is 19.4. The van der Waals surface area contributed by atoms with E-state index >= 15 is 0 Å². The normalized spacial score (nSPS) is 12.7. The van der Waals surface area contributed by atoms with E-state index in [0.29, 0.717) is 0 Å². The van der Waals surface area contributed by atoms with Crippen molar-refractivity contribution in [2.75, 3.05) is 9.80 Å². The van der Waals surface area contributed by atoms with E-state index in [4.69, 9.17) is 0 Å². The average Bonchev–Trinajstić information content (AvgIpc) is 3.79. The largest absolute Gasteiger partial charge is 0.312 e. The van der Waals surface area contributed by atoms with Crippen molar-refractivity contribution < 1.29 is 0 Å². The summed E-state index contributed by atoms with van der Waals surface area (Å²) in [4.78, 5) is 5.11. The van der Waals surface area contributed by atoms with Gasteiger partial charge in [-0.2, -0.15) is 0 Å². The molecule has 0 bridgehead atoms. The fourth-order valence-electron chi connectivity index (χ4n) is 10.1. The van der Waals surface area contributed by atoms with E-state index in [1.54, 1.807) is 0 Å². The quantitative estimate of drug-likeness (QED) is 0.158. The predicted molar refractivity (Wildman–Crippen MR) is 299 cm³/mol. The molecule has 0 N–H and O–H groups in total. The van der Waals surface area contributed by atoms with Crippen molar-refractivity contribution in [2.45, 2.75) is 132 Å². The Labute approximate surface area is 411 Å². The minimum absolute atomic E-state index is 0.00756. The smallest absolute Gasteiger partial charge is 0.0765 e. The van der Waals surface area contributed by atoms with Crippen molar-refractivity contribution in [1.29, 1.82) is 0 Å². The summed E-state index contributed by atoms with van der Waals surface area (Å²) >= 11 is 1.91. The van der Waals surface area contributed by atoms with Gasteiger partial charge in [-0.25, -0.2) is 0 Å². The van der Waals surface area contributed by atoms with Crippen molar-refractivity contribution >= 4 is 76.5 Å². The van der Waals surface area contributed by atoms with Crippen LogP contribution in [0.25, 0.3) is 36.8 Å². The van der Waals surface area contributed by atoms with Crippen LogP contribution in [0, 0.1) is 27.7 Å². The van der Waals surface area contributed by atoms with Gasteiger partial charge in [0.2, 0.25) is 0 Å². The van der Waals surface area contributed by atoms with Crippen LogP contribution in [0.5, 0.6) is 0 Å². The lowest BCUT2D eigenvalue weighted by molar-refractivity contribution is 0.589. The molecule has 348 valence electrons. The summed E-state index contributed by atoms with van der Waals surface area (Å²) in [5.74, 6) is 0. The van der Waals surface area contributed by atoms with E-state index < -0.39 is 0 Å². The third kappa shape index (κ3) is 8.44. The highest BCUT2D eigenvalue weighted by Gasteiger charge is 2.30. The number of fused-ring (bicyclic) bond motifs is 5. The second-order valence-corrected chi connectivity index (χ2v) is 24.5. The first-order chi connectivity index (χ1) is 31.9. The first-order valence-electron chi connectivity index (χ1n) is 24.5. The summed E-state index contributed by atoms with van der Waals surface area (Å²) in [6.07, 6.45) is 0. The highest BCUT2D eigenvalue weighted by molar-refractivity contribution is 7.26. The molecule has 9 aromatic rings. The molecule has 3 nitrogen and oxygen atoms in total. The van der Waals surface area contributed by atoms with Gasteiger partial charge < -0.3 is 14.4 Å². The van der Waals surface area contributed by atoms with Gasteiger partial charge in [0.1, 0.15) is 0 Å². The molecule has 0 fully saturated rings. The van der Waals surface area contributed by atoms with Crippen LogP contribution in [0.3, 0.4) is 0 Å². The number of aryl methyl sites for hydroxylation is 2. The topological polar surface area (TPSA) is 11.4 Å². The van der Waals surface area contributed by atoms with Gasteiger partial charge in [0.15, 0.2) is 0 Å². The van der Waals surface area contributed by atoms with Crippen LogP contribution in [-0.4, -0.2) is 4.57 Å². The minimum Gasteiger partial charge on any atom is -0.312 e. The lowest BCUT2D eigenvalue weighted by atomic mass is 9.85. The number of anilines is 6. The number of hydrogen-bond donors (Lipinski definition) is 0. The molecule has 9 rings (SSSR count). The molecule has 4 heteroatoms. The monoisotopic (exact) mass is 914 g/mol. The van der Waals surface area contributed by atoms with E-state index in [0.717, 1.165) is 28.4 Å². The van der Waals surface area contributed by atoms with E-state index in [1.165, 1.54) is 87.1 Å². The molecule has 0 atom stereocenters. The van der Waals surface area contributed by atoms with Gasteiger partial charge in [0, 0.05) is 54.0 Å². The van der Waals surface area contributed by atoms with E-state index in [9.17, 15) is 0 Å². The molecule has 0 aliphatic rings. The van der Waals surface area contributed by atoms with Crippen molar-refractivity contribution in [2.24, 2.45) is 0 Å². The molecule has 2 heterocycles. The van der Waals surface area contributed by atoms with Crippen LogP contribution in [-0.2, 0) is 21.7 Å². The maximum atomic E-state index is 2.59. The molecule has 7 aromatic carbocycles. The SMILES string of the molecule is Cc1cc(N(c2ccc(C(C)(C)C)cc2)c2ccc(C(C)(C)C)cc2C)c(C)c(N(c2ccc(C(C)(C)C)cc2)c2c(C)n(-c3ccc(C(C)(C)C)cc3)c3ccc4c5ccccc5sc4c23)c1. The number of benzene rings is 7. The van der Waals surface area contributed by atoms with E-state index in [2.05, 4.69) is 265 Å². The van der Waals surface area contributed by atoms with Crippen LogP contribution in [0.15, 0.2) is 140 Å². The van der Waals surface area contributed by atoms with Crippen molar-refractivity contribution in [3.8, 4) is 5.69 Å². The Morgan fingerprint density at radius 3 is 1.46 bits per heavy atom. The Morgan fingerprint density at radius 1 is 0.441 bits per heavy atom. The Kier molecular flexibility index (Phi) is 11.6. The summed E-state index contributed by atoms with van der Waals surface area (Å²) in [7, 11) is 0. The zero-order valence-electron chi connectivity index (χ0n) is 43.5. The van der Waals surface area contributed by atoms with Crippen LogP contribution in [0.2, 0.25) is 0 Å². The van der Waals surface area contributed by atoms with Crippen LogP contribution < -0.4 is 9.80 Å². The number of aromatic nitrogens is 1. The van der Waals surface area contributed by atoms with Gasteiger partial charge >= 0.3 is 0 Å². The van der Waals surface area contributed by atoms with Gasteiger partial charge in [0.05, 0.1) is 22.6 Å². The number of hydrogen-bond acceptors (Lipinski definition) is 3. The third-order valence-corrected chi connectivity index (χ3v) is 15.4. The Balaban J connectivity index is 1.38. The van der Waals surface area contributed by atoms with Crippen molar-refractivity contribution in [1.82, 2.24) is 4.57 Å². The fourth-order valence-corrected chi connectivity index (χ4v) is 11.3. The lowest BCUT2D eigenvalue weighted by Gasteiger charge is -2.34. The maximum Gasteiger partial charge on any atom is 0.0765 e. The second-order valence-electron chi connectivity index (χ2n) is 23.4. The Morgan fingerprint density at radius 2 is 0.926 bits per heavy atom. The molecule has 0 saturated heterocycles. The standard InChI is InChI=1S/C64H71N3S/c1-40-37-55(66(49-30-23-45(24-31-49)62(8,9)10)53-35-27-47(39-41(53)2)64(14,15)16)42(3)56(38-40)67(50-32-25-46(26-33-50)63(11,12)13)59-43(4)65(48-28-21-44(22-29-48)61(5,6)7)54-36-34-52-51-19-17-18-20-57(51)68-60(52)58(54)59/h17-39H,1-16H3. The van der Waals surface area contributed by atoms with Gasteiger partial charge in [-0.1, -0.05) is 156 Å². The zero-order chi connectivity index (χ0) is 48.8. The summed E-state index contributed by atoms with van der Waals surface area (Å²) in [5.41, 5.74) is 19.6. The molecule has 0 radical (unpaired) electrons. The van der Waals surface area contributed by atoms with E-state index in [1.807, 2.05) is 11.3 Å². The summed E-state index contributed by atoms with van der Waals surface area (Å²) in [6, 6.07) is 53.5. The molecule has 0 aliphatic carbocycles. The van der Waals surface area contributed by atoms with Gasteiger partial charge in [-0.05, 0) is 155 Å². The second kappa shape index (κ2) is 16.8. The molecular weight excluding hydrogens is 843 g/mol. The summed E-state index contributed by atoms with van der Waals surface area (Å²) in [5, 5.41) is 3.87. The highest BCUT2D eigenvalue weighted by Crippen LogP contribution is 2.52. The molecule has 0 aliphatic heterocycles. The van der Waals surface area contributed by atoms with Crippen molar-refractivity contribution in [3.63, 3.8) is 0 Å². The Hall–Kier alpha value is -6.10. The lowest BCUT2D eigenvalue weighted by Crippen LogP contribution is -2.19. The zero-order valence-corrected chi connectivity index (χ0v) is 44.3. The number of rotatable bonds is 7. The van der Waals surface area contributed by atoms with Crippen LogP contribution >= 0.6 is 11.3 Å².